The molecule has 0 aromatic heterocycles. The molecule has 58 valence electrons. The lowest BCUT2D eigenvalue weighted by Crippen LogP contribution is -2.30. The minimum absolute atomic E-state index is 0.271. The normalized spacial score (nSPS) is 9.20. The SMILES string of the molecule is CCN=C=NCCC(N)N. The molecule has 0 radical (unpaired) electrons. The average Bonchev–Trinajstić information content (AvgIpc) is 1.87. The Bertz CT molecular complexity index is 124. The highest BCUT2D eigenvalue weighted by atomic mass is 14.9. The Morgan fingerprint density at radius 1 is 1.40 bits per heavy atom. The highest BCUT2D eigenvalue weighted by molar-refractivity contribution is 5.40. The van der Waals surface area contributed by atoms with Crippen molar-refractivity contribution in [3.63, 3.8) is 0 Å². The van der Waals surface area contributed by atoms with Gasteiger partial charge in [0.25, 0.3) is 0 Å². The number of hydrogen-bond acceptors (Lipinski definition) is 4. The fourth-order valence-corrected chi connectivity index (χ4v) is 0.384. The first-order valence-corrected chi connectivity index (χ1v) is 3.36. The van der Waals surface area contributed by atoms with E-state index in [1.807, 2.05) is 6.92 Å². The van der Waals surface area contributed by atoms with E-state index in [2.05, 4.69) is 16.0 Å². The molecule has 0 aliphatic carbocycles. The van der Waals surface area contributed by atoms with Crippen molar-refractivity contribution >= 4 is 6.01 Å². The van der Waals surface area contributed by atoms with Crippen LogP contribution in [0.15, 0.2) is 9.98 Å². The van der Waals surface area contributed by atoms with Gasteiger partial charge in [-0.25, -0.2) is 9.98 Å². The Balaban J connectivity index is 3.26. The molecule has 0 aromatic carbocycles. The molecular weight excluding hydrogens is 128 g/mol. The Kier molecular flexibility index (Phi) is 5.97. The Morgan fingerprint density at radius 3 is 2.60 bits per heavy atom. The predicted molar refractivity (Wildman–Crippen MR) is 42.1 cm³/mol. The number of aliphatic imine (C=N–C) groups is 2. The van der Waals surface area contributed by atoms with Crippen molar-refractivity contribution < 1.29 is 0 Å². The first-order chi connectivity index (χ1) is 4.77. The molecule has 4 N–H and O–H groups in total. The predicted octanol–water partition coefficient (Wildman–Crippen LogP) is -0.186. The Labute approximate surface area is 61.0 Å². The highest BCUT2D eigenvalue weighted by Crippen LogP contribution is 1.78. The van der Waals surface area contributed by atoms with Gasteiger partial charge in [-0.1, -0.05) is 0 Å². The van der Waals surface area contributed by atoms with Crippen LogP contribution in [0.2, 0.25) is 0 Å². The van der Waals surface area contributed by atoms with Gasteiger partial charge in [0.1, 0.15) is 0 Å². The second-order valence-electron chi connectivity index (χ2n) is 1.91. The highest BCUT2D eigenvalue weighted by Gasteiger charge is 1.88. The third kappa shape index (κ3) is 7.30. The van der Waals surface area contributed by atoms with E-state index in [1.165, 1.54) is 0 Å². The number of nitrogens with zero attached hydrogens (tertiary/aromatic N) is 2. The molecule has 0 aliphatic heterocycles. The molecule has 0 saturated carbocycles. The molecule has 0 rings (SSSR count). The van der Waals surface area contributed by atoms with Gasteiger partial charge in [0.2, 0.25) is 0 Å². The summed E-state index contributed by atoms with van der Waals surface area (Å²) in [6.07, 6.45) is 0.416. The van der Waals surface area contributed by atoms with Crippen molar-refractivity contribution in [1.82, 2.24) is 0 Å². The molecular formula is C6H14N4. The Morgan fingerprint density at radius 2 is 2.10 bits per heavy atom. The molecule has 0 atom stereocenters. The van der Waals surface area contributed by atoms with Crippen LogP contribution in [0.4, 0.5) is 0 Å². The molecule has 0 unspecified atom stereocenters. The molecule has 10 heavy (non-hydrogen) atoms. The zero-order chi connectivity index (χ0) is 7.82. The maximum Gasteiger partial charge on any atom is 0.0892 e. The summed E-state index contributed by atoms with van der Waals surface area (Å²) in [5, 5.41) is 0. The van der Waals surface area contributed by atoms with Crippen LogP contribution in [0.25, 0.3) is 0 Å². The summed E-state index contributed by atoms with van der Waals surface area (Å²) in [4.78, 5) is 7.59. The topological polar surface area (TPSA) is 76.8 Å². The van der Waals surface area contributed by atoms with Gasteiger partial charge in [0, 0.05) is 6.54 Å². The zero-order valence-corrected chi connectivity index (χ0v) is 6.25. The molecule has 0 fully saturated rings. The molecule has 4 heteroatoms. The van der Waals surface area contributed by atoms with Crippen LogP contribution in [-0.2, 0) is 0 Å². The maximum absolute atomic E-state index is 5.27. The van der Waals surface area contributed by atoms with Crippen LogP contribution < -0.4 is 11.5 Å². The van der Waals surface area contributed by atoms with Gasteiger partial charge in [0.15, 0.2) is 0 Å². The quantitative estimate of drug-likeness (QED) is 0.421. The number of rotatable bonds is 4. The van der Waals surface area contributed by atoms with E-state index in [-0.39, 0.29) is 6.17 Å². The van der Waals surface area contributed by atoms with Crippen LogP contribution in [0.1, 0.15) is 13.3 Å². The van der Waals surface area contributed by atoms with E-state index < -0.39 is 0 Å². The number of nitrogens with two attached hydrogens (primary N) is 2. The van der Waals surface area contributed by atoms with Gasteiger partial charge in [-0.15, -0.1) is 0 Å². The standard InChI is InChI=1S/C6H14N4/c1-2-9-5-10-4-3-6(7)8/h6H,2-4,7-8H2,1H3. The van der Waals surface area contributed by atoms with Crippen molar-refractivity contribution in [2.75, 3.05) is 13.1 Å². The molecule has 0 saturated heterocycles. The van der Waals surface area contributed by atoms with Crippen LogP contribution in [-0.4, -0.2) is 25.3 Å². The van der Waals surface area contributed by atoms with Gasteiger partial charge in [-0.05, 0) is 13.3 Å². The average molecular weight is 142 g/mol. The summed E-state index contributed by atoms with van der Waals surface area (Å²) >= 11 is 0. The second-order valence-corrected chi connectivity index (χ2v) is 1.91. The lowest BCUT2D eigenvalue weighted by atomic mass is 10.4. The summed E-state index contributed by atoms with van der Waals surface area (Å²) in [6.45, 7) is 3.26. The van der Waals surface area contributed by atoms with Gasteiger partial charge >= 0.3 is 0 Å². The summed E-state index contributed by atoms with van der Waals surface area (Å²) in [5.74, 6) is 0. The monoisotopic (exact) mass is 142 g/mol. The van der Waals surface area contributed by atoms with Crippen molar-refractivity contribution in [2.45, 2.75) is 19.5 Å². The third-order valence-corrected chi connectivity index (χ3v) is 0.874. The van der Waals surface area contributed by atoms with Crippen LogP contribution in [0, 0.1) is 0 Å². The molecule has 0 spiro atoms. The van der Waals surface area contributed by atoms with E-state index in [0.29, 0.717) is 13.0 Å². The van der Waals surface area contributed by atoms with E-state index in [9.17, 15) is 0 Å². The lowest BCUT2D eigenvalue weighted by molar-refractivity contribution is 0.650. The van der Waals surface area contributed by atoms with E-state index in [4.69, 9.17) is 11.5 Å². The van der Waals surface area contributed by atoms with E-state index in [0.717, 1.165) is 6.54 Å². The van der Waals surface area contributed by atoms with Gasteiger partial charge < -0.3 is 11.5 Å². The van der Waals surface area contributed by atoms with Crippen LogP contribution in [0.3, 0.4) is 0 Å². The maximum atomic E-state index is 5.27. The first kappa shape index (κ1) is 9.30. The number of hydrogen-bond donors (Lipinski definition) is 2. The van der Waals surface area contributed by atoms with E-state index in [1.54, 1.807) is 0 Å². The fourth-order valence-electron chi connectivity index (χ4n) is 0.384. The molecule has 0 aromatic rings. The van der Waals surface area contributed by atoms with Crippen LogP contribution in [0.5, 0.6) is 0 Å². The van der Waals surface area contributed by atoms with E-state index >= 15 is 0 Å². The Hall–Kier alpha value is -0.700. The molecule has 0 aliphatic rings. The molecule has 0 heterocycles. The summed E-state index contributed by atoms with van der Waals surface area (Å²) in [6, 6.07) is 2.53. The third-order valence-electron chi connectivity index (χ3n) is 0.874. The van der Waals surface area contributed by atoms with Crippen molar-refractivity contribution in [3.8, 4) is 0 Å². The zero-order valence-electron chi connectivity index (χ0n) is 6.25. The fraction of sp³-hybridized carbons (Fsp3) is 0.833. The molecule has 4 nitrogen and oxygen atoms in total. The summed E-state index contributed by atoms with van der Waals surface area (Å²) in [5.41, 5.74) is 10.5. The summed E-state index contributed by atoms with van der Waals surface area (Å²) < 4.78 is 0. The minimum atomic E-state index is -0.271. The lowest BCUT2D eigenvalue weighted by Gasteiger charge is -1.97. The van der Waals surface area contributed by atoms with Gasteiger partial charge in [-0.2, -0.15) is 0 Å². The minimum Gasteiger partial charge on any atom is -0.316 e. The van der Waals surface area contributed by atoms with Gasteiger partial charge in [-0.3, -0.25) is 0 Å². The largest absolute Gasteiger partial charge is 0.316 e. The van der Waals surface area contributed by atoms with Crippen molar-refractivity contribution in [1.29, 1.82) is 0 Å². The van der Waals surface area contributed by atoms with Gasteiger partial charge in [0.05, 0.1) is 18.7 Å². The molecule has 0 bridgehead atoms. The van der Waals surface area contributed by atoms with Crippen LogP contribution >= 0.6 is 0 Å². The molecule has 0 amide bonds. The summed E-state index contributed by atoms with van der Waals surface area (Å²) in [7, 11) is 0. The van der Waals surface area contributed by atoms with Crippen molar-refractivity contribution in [3.05, 3.63) is 0 Å². The second kappa shape index (κ2) is 6.42. The van der Waals surface area contributed by atoms with Crippen molar-refractivity contribution in [2.24, 2.45) is 21.5 Å². The smallest absolute Gasteiger partial charge is 0.0892 e. The first-order valence-electron chi connectivity index (χ1n) is 3.36.